The molecule has 6 heteroatoms. The number of hydrogen-bond acceptors (Lipinski definition) is 2. The van der Waals surface area contributed by atoms with Crippen molar-refractivity contribution in [3.8, 4) is 78.4 Å². The number of para-hydroxylation sites is 4. The molecular weight excluding hydrogens is 1350 g/mol. The monoisotopic (exact) mass is 1410 g/mol. The van der Waals surface area contributed by atoms with E-state index in [4.69, 9.17) is 0 Å². The van der Waals surface area contributed by atoms with Gasteiger partial charge in [0.15, 0.2) is 0 Å². The number of rotatable bonds is 9. The van der Waals surface area contributed by atoms with Crippen molar-refractivity contribution in [1.82, 2.24) is 18.3 Å². The van der Waals surface area contributed by atoms with Gasteiger partial charge in [-0.25, -0.2) is 0 Å². The van der Waals surface area contributed by atoms with Gasteiger partial charge in [-0.1, -0.05) is 243 Å². The molecule has 4 nitrogen and oxygen atoms in total. The molecule has 0 amide bonds. The molecule has 0 saturated heterocycles. The Morgan fingerprint density at radius 3 is 0.833 bits per heavy atom. The third kappa shape index (κ3) is 10.1. The first-order valence-corrected chi connectivity index (χ1v) is 38.6. The highest BCUT2D eigenvalue weighted by atomic mass is 32.1. The van der Waals surface area contributed by atoms with Crippen molar-refractivity contribution in [2.45, 2.75) is 0 Å². The van der Waals surface area contributed by atoms with Gasteiger partial charge in [-0.2, -0.15) is 0 Å². The van der Waals surface area contributed by atoms with E-state index < -0.39 is 0 Å². The van der Waals surface area contributed by atoms with Crippen LogP contribution < -0.4 is 0 Å². The lowest BCUT2D eigenvalue weighted by atomic mass is 10.0. The molecule has 108 heavy (non-hydrogen) atoms. The van der Waals surface area contributed by atoms with Crippen LogP contribution in [0.4, 0.5) is 0 Å². The normalized spacial score (nSPS) is 11.9. The van der Waals surface area contributed by atoms with Crippen molar-refractivity contribution in [3.05, 3.63) is 388 Å². The largest absolute Gasteiger partial charge is 0.309 e. The van der Waals surface area contributed by atoms with Crippen LogP contribution in [0, 0.1) is 0 Å². The molecule has 0 radical (unpaired) electrons. The minimum absolute atomic E-state index is 1.16. The summed E-state index contributed by atoms with van der Waals surface area (Å²) in [5.74, 6) is 0. The first-order valence-electron chi connectivity index (χ1n) is 36.9. The Morgan fingerprint density at radius 1 is 0.130 bits per heavy atom. The van der Waals surface area contributed by atoms with Crippen LogP contribution >= 0.6 is 22.7 Å². The Balaban J connectivity index is 0.000000135. The third-order valence-corrected chi connectivity index (χ3v) is 24.5. The summed E-state index contributed by atoms with van der Waals surface area (Å²) in [6, 6.07) is 142. The summed E-state index contributed by atoms with van der Waals surface area (Å²) in [5, 5.41) is 15.3. The summed E-state index contributed by atoms with van der Waals surface area (Å²) >= 11 is 3.74. The number of nitrogens with zero attached hydrogens (tertiary/aromatic N) is 4. The predicted molar refractivity (Wildman–Crippen MR) is 463 cm³/mol. The van der Waals surface area contributed by atoms with Gasteiger partial charge in [0.2, 0.25) is 0 Å². The fraction of sp³-hybridized carbons (Fsp3) is 0. The van der Waals surface area contributed by atoms with Crippen LogP contribution in [0.1, 0.15) is 0 Å². The molecule has 6 heterocycles. The Bertz CT molecular complexity index is 7550. The topological polar surface area (TPSA) is 19.7 Å². The van der Waals surface area contributed by atoms with Gasteiger partial charge in [0.25, 0.3) is 0 Å². The van der Waals surface area contributed by atoms with E-state index in [1.165, 1.54) is 200 Å². The highest BCUT2D eigenvalue weighted by Crippen LogP contribution is 2.45. The van der Waals surface area contributed by atoms with Crippen LogP contribution in [0.15, 0.2) is 388 Å². The molecule has 0 N–H and O–H groups in total. The van der Waals surface area contributed by atoms with Gasteiger partial charge in [0, 0.05) is 106 Å². The molecule has 0 fully saturated rings. The lowest BCUT2D eigenvalue weighted by Crippen LogP contribution is -1.94. The minimum atomic E-state index is 1.16. The second kappa shape index (κ2) is 25.0. The van der Waals surface area contributed by atoms with Crippen molar-refractivity contribution in [2.24, 2.45) is 0 Å². The van der Waals surface area contributed by atoms with Gasteiger partial charge in [0.05, 0.1) is 44.1 Å². The zero-order valence-electron chi connectivity index (χ0n) is 58.6. The zero-order valence-corrected chi connectivity index (χ0v) is 60.2. The summed E-state index contributed by atoms with van der Waals surface area (Å²) in [5.41, 5.74) is 26.6. The van der Waals surface area contributed by atoms with Gasteiger partial charge in [-0.3, -0.25) is 0 Å². The highest BCUT2D eigenvalue weighted by Gasteiger charge is 2.21. The molecular formula is C102H64N4S2. The lowest BCUT2D eigenvalue weighted by Gasteiger charge is -2.11. The molecule has 0 atom stereocenters. The second-order valence-electron chi connectivity index (χ2n) is 28.3. The van der Waals surface area contributed by atoms with Crippen LogP contribution in [0.25, 0.3) is 206 Å². The quantitative estimate of drug-likeness (QED) is 0.137. The first kappa shape index (κ1) is 61.8. The number of fused-ring (bicyclic) bond motifs is 18. The maximum atomic E-state index is 2.44. The molecule has 23 aromatic rings. The molecule has 0 unspecified atom stereocenters. The molecule has 0 aliphatic rings. The predicted octanol–water partition coefficient (Wildman–Crippen LogP) is 28.8. The molecule has 0 aliphatic carbocycles. The molecule has 504 valence electrons. The van der Waals surface area contributed by atoms with Crippen LogP contribution in [-0.2, 0) is 0 Å². The standard InChI is InChI=1S/C54H34N2S.C48H30N2S/c1-3-12-35(13-4-1)37-16-11-17-41(30-37)55-49-20-9-7-18-43(49)45-31-39(22-26-51(45)55)40-23-27-52-46(32-40)44-19-8-10-21-50(44)56(52)42-25-29-54-48(34-42)47-33-38(24-28-53(47)57-54)36-14-5-2-6-15-36;1-2-11-31(12-3-1)32-13-10-14-35(27-32)49-43-18-7-4-15-37(43)41-28-33(21-25-45(41)49)34-22-26-46-42(29-34)38-16-5-8-19-44(38)50(46)36-23-24-40-39-17-6-9-20-47(39)51-48(40)30-36/h1-34H;1-30H. The smallest absolute Gasteiger partial charge is 0.0541 e. The summed E-state index contributed by atoms with van der Waals surface area (Å²) in [6.45, 7) is 0. The highest BCUT2D eigenvalue weighted by molar-refractivity contribution is 7.26. The lowest BCUT2D eigenvalue weighted by molar-refractivity contribution is 1.18. The first-order chi connectivity index (χ1) is 53.5. The molecule has 0 bridgehead atoms. The molecule has 0 aliphatic heterocycles. The Kier molecular flexibility index (Phi) is 14.3. The van der Waals surface area contributed by atoms with Crippen LogP contribution in [0.3, 0.4) is 0 Å². The maximum Gasteiger partial charge on any atom is 0.0541 e. The molecule has 17 aromatic carbocycles. The zero-order chi connectivity index (χ0) is 70.9. The van der Waals surface area contributed by atoms with E-state index in [9.17, 15) is 0 Å². The van der Waals surface area contributed by atoms with E-state index in [-0.39, 0.29) is 0 Å². The van der Waals surface area contributed by atoms with E-state index in [0.717, 1.165) is 5.69 Å². The maximum absolute atomic E-state index is 2.44. The summed E-state index contributed by atoms with van der Waals surface area (Å²) in [6.07, 6.45) is 0. The minimum Gasteiger partial charge on any atom is -0.309 e. The van der Waals surface area contributed by atoms with E-state index in [1.54, 1.807) is 0 Å². The Labute approximate surface area is 630 Å². The Morgan fingerprint density at radius 2 is 0.398 bits per heavy atom. The third-order valence-electron chi connectivity index (χ3n) is 22.2. The fourth-order valence-electron chi connectivity index (χ4n) is 17.2. The summed E-state index contributed by atoms with van der Waals surface area (Å²) < 4.78 is 15.0. The van der Waals surface area contributed by atoms with E-state index in [1.807, 2.05) is 22.7 Å². The van der Waals surface area contributed by atoms with Crippen LogP contribution in [0.5, 0.6) is 0 Å². The summed E-state index contributed by atoms with van der Waals surface area (Å²) in [7, 11) is 0. The van der Waals surface area contributed by atoms with Crippen molar-refractivity contribution in [3.63, 3.8) is 0 Å². The van der Waals surface area contributed by atoms with Gasteiger partial charge in [-0.15, -0.1) is 22.7 Å². The van der Waals surface area contributed by atoms with Crippen molar-refractivity contribution in [2.75, 3.05) is 0 Å². The second-order valence-corrected chi connectivity index (χ2v) is 30.5. The van der Waals surface area contributed by atoms with E-state index in [0.29, 0.717) is 0 Å². The number of aromatic nitrogens is 4. The molecule has 6 aromatic heterocycles. The van der Waals surface area contributed by atoms with Crippen molar-refractivity contribution in [1.29, 1.82) is 0 Å². The molecule has 0 saturated carbocycles. The number of hydrogen-bond donors (Lipinski definition) is 0. The SMILES string of the molecule is c1ccc(-c2cccc(-n3c4ccccc4c4cc(-c5ccc6c(c5)c5ccccc5n6-c5ccc6c(c5)sc5ccccc56)ccc43)c2)cc1.c1ccc(-c2cccc(-n3c4ccccc4c4cc(-c5ccc6c(c5)c5ccccc5n6-c5ccc6sc7ccc(-c8ccccc8)cc7c6c5)ccc43)c2)cc1. The van der Waals surface area contributed by atoms with Gasteiger partial charge in [0.1, 0.15) is 0 Å². The van der Waals surface area contributed by atoms with E-state index >= 15 is 0 Å². The van der Waals surface area contributed by atoms with Crippen molar-refractivity contribution < 1.29 is 0 Å². The average molecular weight is 1410 g/mol. The average Bonchev–Trinajstić information content (AvgIpc) is 1.59. The van der Waals surface area contributed by atoms with Gasteiger partial charge < -0.3 is 18.3 Å². The number of thiophene rings is 2. The molecule has 23 rings (SSSR count). The van der Waals surface area contributed by atoms with Gasteiger partial charge >= 0.3 is 0 Å². The molecule has 0 spiro atoms. The van der Waals surface area contributed by atoms with Crippen molar-refractivity contribution >= 4 is 150 Å². The Hall–Kier alpha value is -13.6. The van der Waals surface area contributed by atoms with Crippen LogP contribution in [0.2, 0.25) is 0 Å². The summed E-state index contributed by atoms with van der Waals surface area (Å²) in [4.78, 5) is 0. The number of benzene rings is 17. The van der Waals surface area contributed by atoms with Crippen LogP contribution in [-0.4, -0.2) is 18.3 Å². The van der Waals surface area contributed by atoms with Gasteiger partial charge in [-0.05, 0) is 201 Å². The fourth-order valence-corrected chi connectivity index (χ4v) is 19.4. The van der Waals surface area contributed by atoms with E-state index in [2.05, 4.69) is 407 Å².